The number of hydrogen-bond donors (Lipinski definition) is 4. The average molecular weight is 441 g/mol. The minimum absolute atomic E-state index is 0.0367. The number of carbonyl (C=O) groups is 1. The fourth-order valence-corrected chi connectivity index (χ4v) is 3.17. The number of hydrogen-bond acceptors (Lipinski definition) is 6. The van der Waals surface area contributed by atoms with Crippen molar-refractivity contribution in [3.05, 3.63) is 41.5 Å². The Labute approximate surface area is 186 Å². The topological polar surface area (TPSA) is 112 Å². The molecule has 2 amide bonds. The molecule has 0 spiro atoms. The van der Waals surface area contributed by atoms with Crippen molar-refractivity contribution in [2.75, 3.05) is 24.2 Å². The molecule has 0 saturated carbocycles. The number of urea groups is 1. The van der Waals surface area contributed by atoms with Gasteiger partial charge in [0, 0.05) is 36.4 Å². The van der Waals surface area contributed by atoms with E-state index in [9.17, 15) is 14.3 Å². The van der Waals surface area contributed by atoms with Crippen molar-refractivity contribution in [2.45, 2.75) is 40.7 Å². The Bertz CT molecular complexity index is 1160. The lowest BCUT2D eigenvalue weighted by Crippen LogP contribution is -2.41. The van der Waals surface area contributed by atoms with Crippen molar-refractivity contribution in [3.8, 4) is 11.1 Å². The van der Waals surface area contributed by atoms with Crippen LogP contribution in [0.5, 0.6) is 0 Å². The number of aromatic nitrogens is 3. The van der Waals surface area contributed by atoms with Gasteiger partial charge in [0.15, 0.2) is 5.65 Å². The number of aliphatic hydroxyl groups excluding tert-OH is 1. The molecule has 9 heteroatoms. The zero-order valence-electron chi connectivity index (χ0n) is 19.2. The SMILES string of the molecule is CNc1ncc2cc(-c3cc(NC(=O)NC[C@@H](O)C(C)(C)C)c(F)cc3C)c(C)nc2n1. The van der Waals surface area contributed by atoms with Crippen molar-refractivity contribution in [3.63, 3.8) is 0 Å². The molecule has 8 nitrogen and oxygen atoms in total. The summed E-state index contributed by atoms with van der Waals surface area (Å²) < 4.78 is 14.6. The quantitative estimate of drug-likeness (QED) is 0.477. The highest BCUT2D eigenvalue weighted by molar-refractivity contribution is 5.91. The number of nitrogens with zero attached hydrogens (tertiary/aromatic N) is 3. The number of anilines is 2. The molecule has 1 atom stereocenters. The Morgan fingerprint density at radius 3 is 2.53 bits per heavy atom. The number of halogens is 1. The summed E-state index contributed by atoms with van der Waals surface area (Å²) in [7, 11) is 1.73. The number of carbonyl (C=O) groups excluding carboxylic acids is 1. The maximum atomic E-state index is 14.6. The molecule has 0 aliphatic heterocycles. The summed E-state index contributed by atoms with van der Waals surface area (Å²) in [5.74, 6) is -0.0737. The molecule has 0 bridgehead atoms. The fourth-order valence-electron chi connectivity index (χ4n) is 3.17. The van der Waals surface area contributed by atoms with E-state index in [1.54, 1.807) is 26.2 Å². The van der Waals surface area contributed by atoms with Crippen molar-refractivity contribution < 1.29 is 14.3 Å². The Morgan fingerprint density at radius 2 is 1.88 bits per heavy atom. The summed E-state index contributed by atoms with van der Waals surface area (Å²) >= 11 is 0. The average Bonchev–Trinajstić information content (AvgIpc) is 2.72. The van der Waals surface area contributed by atoms with E-state index >= 15 is 0 Å². The van der Waals surface area contributed by atoms with Crippen molar-refractivity contribution in [1.29, 1.82) is 0 Å². The molecule has 3 aromatic rings. The van der Waals surface area contributed by atoms with Crippen molar-refractivity contribution in [1.82, 2.24) is 20.3 Å². The van der Waals surface area contributed by atoms with E-state index in [2.05, 4.69) is 30.9 Å². The normalized spacial score (nSPS) is 12.5. The summed E-state index contributed by atoms with van der Waals surface area (Å²) in [6.07, 6.45) is 0.944. The van der Waals surface area contributed by atoms with Crippen LogP contribution in [0.1, 0.15) is 32.0 Å². The Balaban J connectivity index is 1.90. The summed E-state index contributed by atoms with van der Waals surface area (Å²) in [5.41, 5.74) is 3.16. The van der Waals surface area contributed by atoms with Gasteiger partial charge in [0.2, 0.25) is 5.95 Å². The van der Waals surface area contributed by atoms with Gasteiger partial charge in [0.05, 0.1) is 11.8 Å². The lowest BCUT2D eigenvalue weighted by atomic mass is 9.89. The summed E-state index contributed by atoms with van der Waals surface area (Å²) in [4.78, 5) is 25.5. The Hall–Kier alpha value is -3.33. The van der Waals surface area contributed by atoms with Crippen molar-refractivity contribution >= 4 is 28.7 Å². The van der Waals surface area contributed by atoms with Crippen LogP contribution in [0.4, 0.5) is 20.8 Å². The van der Waals surface area contributed by atoms with Gasteiger partial charge in [-0.3, -0.25) is 0 Å². The summed E-state index contributed by atoms with van der Waals surface area (Å²) in [5, 5.41) is 18.8. The molecule has 0 saturated heterocycles. The minimum Gasteiger partial charge on any atom is -0.391 e. The van der Waals surface area contributed by atoms with E-state index in [1.165, 1.54) is 6.07 Å². The van der Waals surface area contributed by atoms with E-state index in [-0.39, 0.29) is 17.6 Å². The number of rotatable bonds is 5. The van der Waals surface area contributed by atoms with E-state index in [0.29, 0.717) is 17.2 Å². The second kappa shape index (κ2) is 9.04. The van der Waals surface area contributed by atoms with Gasteiger partial charge < -0.3 is 21.1 Å². The van der Waals surface area contributed by atoms with E-state index < -0.39 is 18.0 Å². The second-order valence-corrected chi connectivity index (χ2v) is 8.84. The lowest BCUT2D eigenvalue weighted by Gasteiger charge is -2.26. The molecular weight excluding hydrogens is 411 g/mol. The third-order valence-electron chi connectivity index (χ3n) is 5.29. The molecule has 2 heterocycles. The van der Waals surface area contributed by atoms with Crippen LogP contribution in [0.25, 0.3) is 22.2 Å². The largest absolute Gasteiger partial charge is 0.391 e. The highest BCUT2D eigenvalue weighted by Crippen LogP contribution is 2.32. The van der Waals surface area contributed by atoms with Crippen LogP contribution >= 0.6 is 0 Å². The Morgan fingerprint density at radius 1 is 1.16 bits per heavy atom. The number of nitrogens with one attached hydrogen (secondary N) is 3. The van der Waals surface area contributed by atoms with Crippen LogP contribution in [0.3, 0.4) is 0 Å². The number of aryl methyl sites for hydroxylation is 2. The lowest BCUT2D eigenvalue weighted by molar-refractivity contribution is 0.0654. The third-order valence-corrected chi connectivity index (χ3v) is 5.29. The summed E-state index contributed by atoms with van der Waals surface area (Å²) in [6.45, 7) is 9.31. The summed E-state index contributed by atoms with van der Waals surface area (Å²) in [6, 6.07) is 4.27. The van der Waals surface area contributed by atoms with Gasteiger partial charge in [-0.15, -0.1) is 0 Å². The van der Waals surface area contributed by atoms with Gasteiger partial charge in [0.1, 0.15) is 5.82 Å². The maximum Gasteiger partial charge on any atom is 0.319 e. The van der Waals surface area contributed by atoms with Crippen LogP contribution in [-0.4, -0.2) is 45.8 Å². The first-order valence-electron chi connectivity index (χ1n) is 10.3. The van der Waals surface area contributed by atoms with Gasteiger partial charge in [-0.05, 0) is 48.6 Å². The molecule has 2 aromatic heterocycles. The minimum atomic E-state index is -0.733. The van der Waals surface area contributed by atoms with Crippen LogP contribution in [-0.2, 0) is 0 Å². The molecular formula is C23H29FN6O2. The number of pyridine rings is 1. The first-order chi connectivity index (χ1) is 15.0. The first-order valence-corrected chi connectivity index (χ1v) is 10.3. The van der Waals surface area contributed by atoms with E-state index in [1.807, 2.05) is 33.8 Å². The first kappa shape index (κ1) is 23.3. The second-order valence-electron chi connectivity index (χ2n) is 8.84. The van der Waals surface area contributed by atoms with Gasteiger partial charge in [-0.2, -0.15) is 4.98 Å². The zero-order chi connectivity index (χ0) is 23.6. The van der Waals surface area contributed by atoms with Crippen LogP contribution < -0.4 is 16.0 Å². The molecule has 32 heavy (non-hydrogen) atoms. The van der Waals surface area contributed by atoms with Crippen LogP contribution in [0.15, 0.2) is 24.4 Å². The molecule has 3 rings (SSSR count). The number of aliphatic hydroxyl groups is 1. The number of benzene rings is 1. The Kier molecular flexibility index (Phi) is 6.59. The monoisotopic (exact) mass is 440 g/mol. The molecule has 1 aromatic carbocycles. The predicted octanol–water partition coefficient (Wildman–Crippen LogP) is 4.02. The van der Waals surface area contributed by atoms with Gasteiger partial charge >= 0.3 is 6.03 Å². The smallest absolute Gasteiger partial charge is 0.319 e. The zero-order valence-corrected chi connectivity index (χ0v) is 19.2. The molecule has 4 N–H and O–H groups in total. The molecule has 0 radical (unpaired) electrons. The van der Waals surface area contributed by atoms with Gasteiger partial charge in [-0.25, -0.2) is 19.2 Å². The molecule has 0 fully saturated rings. The number of fused-ring (bicyclic) bond motifs is 1. The highest BCUT2D eigenvalue weighted by Gasteiger charge is 2.22. The van der Waals surface area contributed by atoms with Gasteiger partial charge in [0.25, 0.3) is 0 Å². The standard InChI is InChI=1S/C23H29FN6O2/c1-12-7-17(24)18(29-22(32)27-11-19(31)23(3,4)5)9-15(12)16-8-14-10-26-21(25-6)30-20(14)28-13(16)2/h7-10,19,31H,11H2,1-6H3,(H2,27,29,32)(H,25,26,28,30)/t19-/m1/s1. The molecule has 170 valence electrons. The molecule has 0 aliphatic rings. The molecule has 0 aliphatic carbocycles. The third kappa shape index (κ3) is 5.11. The van der Waals surface area contributed by atoms with Gasteiger partial charge in [-0.1, -0.05) is 20.8 Å². The molecule has 0 unspecified atom stereocenters. The maximum absolute atomic E-state index is 14.6. The highest BCUT2D eigenvalue weighted by atomic mass is 19.1. The number of amides is 2. The van der Waals surface area contributed by atoms with Crippen LogP contribution in [0.2, 0.25) is 0 Å². The van der Waals surface area contributed by atoms with Crippen molar-refractivity contribution in [2.24, 2.45) is 5.41 Å². The van der Waals surface area contributed by atoms with E-state index in [4.69, 9.17) is 0 Å². The fraction of sp³-hybridized carbons (Fsp3) is 0.391. The van der Waals surface area contributed by atoms with Crippen LogP contribution in [0, 0.1) is 25.1 Å². The van der Waals surface area contributed by atoms with E-state index in [0.717, 1.165) is 22.2 Å². The predicted molar refractivity (Wildman–Crippen MR) is 124 cm³/mol.